The van der Waals surface area contributed by atoms with Crippen LogP contribution >= 0.6 is 11.6 Å². The van der Waals surface area contributed by atoms with Crippen molar-refractivity contribution < 1.29 is 18.7 Å². The number of rotatable bonds is 4. The van der Waals surface area contributed by atoms with Crippen molar-refractivity contribution in [3.05, 3.63) is 116 Å². The zero-order chi connectivity index (χ0) is 22.4. The summed E-state index contributed by atoms with van der Waals surface area (Å²) in [5.41, 5.74) is 0.537. The van der Waals surface area contributed by atoms with Crippen LogP contribution < -0.4 is 5.43 Å². The van der Waals surface area contributed by atoms with Crippen LogP contribution in [0.1, 0.15) is 39.4 Å². The van der Waals surface area contributed by atoms with Crippen molar-refractivity contribution in [3.63, 3.8) is 0 Å². The average Bonchev–Trinajstić information content (AvgIpc) is 3.07. The van der Waals surface area contributed by atoms with Gasteiger partial charge in [-0.15, -0.1) is 0 Å². The molecule has 1 N–H and O–H groups in total. The fourth-order valence-electron chi connectivity index (χ4n) is 4.17. The van der Waals surface area contributed by atoms with E-state index in [9.17, 15) is 19.1 Å². The van der Waals surface area contributed by atoms with Gasteiger partial charge in [0.25, 0.3) is 5.91 Å². The van der Waals surface area contributed by atoms with Crippen molar-refractivity contribution in [1.29, 1.82) is 0 Å². The molecule has 5 nitrogen and oxygen atoms in total. The van der Waals surface area contributed by atoms with Gasteiger partial charge >= 0.3 is 0 Å². The second kappa shape index (κ2) is 7.89. The van der Waals surface area contributed by atoms with Gasteiger partial charge in [-0.05, 0) is 29.8 Å². The van der Waals surface area contributed by atoms with Gasteiger partial charge in [-0.1, -0.05) is 60.1 Å². The molecule has 1 aliphatic rings. The Morgan fingerprint density at radius 3 is 2.50 bits per heavy atom. The van der Waals surface area contributed by atoms with Crippen molar-refractivity contribution >= 4 is 28.5 Å². The Hall–Kier alpha value is -3.48. The van der Waals surface area contributed by atoms with Gasteiger partial charge in [-0.2, -0.15) is 0 Å². The van der Waals surface area contributed by atoms with E-state index in [1.807, 2.05) is 6.07 Å². The largest absolute Gasteiger partial charge is 0.450 e. The van der Waals surface area contributed by atoms with Gasteiger partial charge in [0.15, 0.2) is 5.43 Å². The Balaban J connectivity index is 1.70. The summed E-state index contributed by atoms with van der Waals surface area (Å²) < 4.78 is 20.7. The normalized spacial score (nSPS) is 16.4. The molecule has 0 aliphatic carbocycles. The first-order chi connectivity index (χ1) is 15.5. The third kappa shape index (κ3) is 3.28. The molecule has 0 saturated heterocycles. The summed E-state index contributed by atoms with van der Waals surface area (Å²) in [4.78, 5) is 28.1. The van der Waals surface area contributed by atoms with Crippen molar-refractivity contribution in [2.24, 2.45) is 0 Å². The summed E-state index contributed by atoms with van der Waals surface area (Å²) in [6.45, 7) is -0.150. The molecule has 4 aromatic rings. The van der Waals surface area contributed by atoms with E-state index in [2.05, 4.69) is 0 Å². The molecule has 0 fully saturated rings. The van der Waals surface area contributed by atoms with Crippen LogP contribution in [0, 0.1) is 5.82 Å². The van der Waals surface area contributed by atoms with E-state index in [1.165, 1.54) is 35.2 Å². The lowest BCUT2D eigenvalue weighted by molar-refractivity contribution is 0.0580. The number of aliphatic hydroxyl groups excluding tert-OH is 1. The predicted molar refractivity (Wildman–Crippen MR) is 118 cm³/mol. The van der Waals surface area contributed by atoms with E-state index in [1.54, 1.807) is 36.4 Å². The SMILES string of the molecule is O=C1c2oc3ccc(Cl)cc3c(=O)c2C(c2ccccc2F)N1CC(O)c1ccccc1. The Morgan fingerprint density at radius 1 is 1.03 bits per heavy atom. The first-order valence-electron chi connectivity index (χ1n) is 10.0. The molecule has 0 saturated carbocycles. The number of carbonyl (C=O) groups excluding carboxylic acids is 1. The van der Waals surface area contributed by atoms with Gasteiger partial charge in [0.2, 0.25) is 5.76 Å². The van der Waals surface area contributed by atoms with Crippen LogP contribution in [-0.2, 0) is 0 Å². The minimum Gasteiger partial charge on any atom is -0.450 e. The molecule has 2 atom stereocenters. The van der Waals surface area contributed by atoms with E-state index >= 15 is 0 Å². The predicted octanol–water partition coefficient (Wildman–Crippen LogP) is 4.86. The number of nitrogens with zero attached hydrogens (tertiary/aromatic N) is 1. The van der Waals surface area contributed by atoms with Crippen LogP contribution in [-0.4, -0.2) is 22.5 Å². The fraction of sp³-hybridized carbons (Fsp3) is 0.120. The van der Waals surface area contributed by atoms with E-state index in [4.69, 9.17) is 16.0 Å². The van der Waals surface area contributed by atoms with Crippen LogP contribution in [0.2, 0.25) is 5.02 Å². The molecule has 2 unspecified atom stereocenters. The number of hydrogen-bond acceptors (Lipinski definition) is 4. The minimum absolute atomic E-state index is 0.0372. The molecule has 3 aromatic carbocycles. The van der Waals surface area contributed by atoms with E-state index < -0.39 is 29.3 Å². The molecular weight excluding hydrogens is 433 g/mol. The summed E-state index contributed by atoms with van der Waals surface area (Å²) in [5.74, 6) is -1.31. The van der Waals surface area contributed by atoms with Gasteiger partial charge < -0.3 is 14.4 Å². The van der Waals surface area contributed by atoms with Gasteiger partial charge in [0.1, 0.15) is 11.4 Å². The molecule has 7 heteroatoms. The molecule has 0 spiro atoms. The number of aliphatic hydroxyl groups is 1. The molecule has 5 rings (SSSR count). The highest BCUT2D eigenvalue weighted by molar-refractivity contribution is 6.31. The van der Waals surface area contributed by atoms with Crippen LogP contribution in [0.3, 0.4) is 0 Å². The highest BCUT2D eigenvalue weighted by atomic mass is 35.5. The number of carbonyl (C=O) groups is 1. The number of β-amino-alcohol motifs (C(OH)–C–C–N with tert-alkyl or cyclic N) is 1. The van der Waals surface area contributed by atoms with Gasteiger partial charge in [0.05, 0.1) is 29.6 Å². The summed E-state index contributed by atoms with van der Waals surface area (Å²) in [6.07, 6.45) is -1.04. The lowest BCUT2D eigenvalue weighted by atomic mass is 9.97. The second-order valence-electron chi connectivity index (χ2n) is 7.62. The average molecular weight is 450 g/mol. The quantitative estimate of drug-likeness (QED) is 0.483. The zero-order valence-corrected chi connectivity index (χ0v) is 17.4. The monoisotopic (exact) mass is 449 g/mol. The Kier molecular flexibility index (Phi) is 5.04. The topological polar surface area (TPSA) is 70.8 Å². The molecule has 1 aromatic heterocycles. The van der Waals surface area contributed by atoms with Crippen LogP contribution in [0.5, 0.6) is 0 Å². The zero-order valence-electron chi connectivity index (χ0n) is 16.7. The van der Waals surface area contributed by atoms with Crippen molar-refractivity contribution in [2.45, 2.75) is 12.1 Å². The first kappa shape index (κ1) is 20.4. The van der Waals surface area contributed by atoms with Gasteiger partial charge in [-0.3, -0.25) is 9.59 Å². The van der Waals surface area contributed by atoms with Gasteiger partial charge in [0, 0.05) is 10.6 Å². The molecule has 160 valence electrons. The number of hydrogen-bond donors (Lipinski definition) is 1. The van der Waals surface area contributed by atoms with Gasteiger partial charge in [-0.25, -0.2) is 4.39 Å². The molecule has 2 heterocycles. The molecule has 0 radical (unpaired) electrons. The number of benzene rings is 3. The van der Waals surface area contributed by atoms with Crippen LogP contribution in [0.25, 0.3) is 11.0 Å². The van der Waals surface area contributed by atoms with E-state index in [-0.39, 0.29) is 34.4 Å². The Morgan fingerprint density at radius 2 is 1.75 bits per heavy atom. The summed E-state index contributed by atoms with van der Waals surface area (Å²) >= 11 is 6.06. The molecule has 1 amide bonds. The van der Waals surface area contributed by atoms with Crippen molar-refractivity contribution in [2.75, 3.05) is 6.54 Å². The van der Waals surface area contributed by atoms with Crippen molar-refractivity contribution in [3.8, 4) is 0 Å². The third-order valence-electron chi connectivity index (χ3n) is 5.68. The van der Waals surface area contributed by atoms with E-state index in [0.29, 0.717) is 10.6 Å². The highest BCUT2D eigenvalue weighted by Crippen LogP contribution is 2.40. The highest BCUT2D eigenvalue weighted by Gasteiger charge is 2.44. The lowest BCUT2D eigenvalue weighted by Crippen LogP contribution is -2.34. The van der Waals surface area contributed by atoms with Crippen LogP contribution in [0.15, 0.2) is 82.0 Å². The maximum atomic E-state index is 14.9. The number of amides is 1. The molecule has 32 heavy (non-hydrogen) atoms. The maximum Gasteiger partial charge on any atom is 0.291 e. The summed E-state index contributed by atoms with van der Waals surface area (Å²) in [6, 6.07) is 18.3. The van der Waals surface area contributed by atoms with E-state index in [0.717, 1.165) is 0 Å². The summed E-state index contributed by atoms with van der Waals surface area (Å²) in [5, 5.41) is 11.3. The molecular formula is C25H17ClFNO4. The number of halogens is 2. The fourth-order valence-corrected chi connectivity index (χ4v) is 4.34. The third-order valence-corrected chi connectivity index (χ3v) is 5.92. The lowest BCUT2D eigenvalue weighted by Gasteiger charge is -2.27. The second-order valence-corrected chi connectivity index (χ2v) is 8.06. The van der Waals surface area contributed by atoms with Crippen molar-refractivity contribution in [1.82, 2.24) is 4.90 Å². The standard InChI is InChI=1S/C25H17ClFNO4/c26-15-10-11-20-17(12-15)23(30)21-22(16-8-4-5-9-18(16)27)28(25(31)24(21)32-20)13-19(29)14-6-2-1-3-7-14/h1-12,19,22,29H,13H2. The Labute approximate surface area is 187 Å². The van der Waals surface area contributed by atoms with Crippen LogP contribution in [0.4, 0.5) is 4.39 Å². The Bertz CT molecular complexity index is 1400. The minimum atomic E-state index is -1.04. The number of fused-ring (bicyclic) bond motifs is 2. The first-order valence-corrected chi connectivity index (χ1v) is 10.4. The molecule has 1 aliphatic heterocycles. The smallest absolute Gasteiger partial charge is 0.291 e. The maximum absolute atomic E-state index is 14.9. The molecule has 0 bridgehead atoms. The summed E-state index contributed by atoms with van der Waals surface area (Å²) in [7, 11) is 0.